The number of carbonyl (C=O) groups excluding carboxylic acids is 3. The third kappa shape index (κ3) is 4.06. The maximum Gasteiger partial charge on any atom is 0.337 e. The van der Waals surface area contributed by atoms with Gasteiger partial charge in [0.25, 0.3) is 11.8 Å². The van der Waals surface area contributed by atoms with Crippen LogP contribution in [0.5, 0.6) is 0 Å². The second-order valence-electron chi connectivity index (χ2n) is 6.60. The molecular weight excluding hydrogens is 404 g/mol. The zero-order valence-corrected chi connectivity index (χ0v) is 16.9. The van der Waals surface area contributed by atoms with Crippen LogP contribution in [0.4, 0.5) is 5.13 Å². The Morgan fingerprint density at radius 3 is 2.57 bits per heavy atom. The minimum absolute atomic E-state index is 0.121. The SMILES string of the molecule is COC(=O)c1ccc(C(=O)N2CCc3nc(NC(=O)c4ccccn4)sc3C2)cc1. The molecule has 0 radical (unpaired) electrons. The van der Waals surface area contributed by atoms with Gasteiger partial charge in [-0.3, -0.25) is 19.9 Å². The second kappa shape index (κ2) is 8.42. The van der Waals surface area contributed by atoms with E-state index in [0.29, 0.717) is 41.5 Å². The molecule has 2 amide bonds. The fourth-order valence-electron chi connectivity index (χ4n) is 3.13. The molecule has 8 nitrogen and oxygen atoms in total. The normalized spacial score (nSPS) is 12.8. The number of anilines is 1. The Balaban J connectivity index is 1.44. The molecule has 1 aliphatic heterocycles. The number of aromatic nitrogens is 2. The van der Waals surface area contributed by atoms with E-state index in [-0.39, 0.29) is 11.8 Å². The number of carbonyl (C=O) groups is 3. The van der Waals surface area contributed by atoms with E-state index in [1.165, 1.54) is 18.4 Å². The molecule has 2 aromatic heterocycles. The Morgan fingerprint density at radius 2 is 1.87 bits per heavy atom. The highest BCUT2D eigenvalue weighted by atomic mass is 32.1. The van der Waals surface area contributed by atoms with Crippen molar-refractivity contribution in [3.63, 3.8) is 0 Å². The number of fused-ring (bicyclic) bond motifs is 1. The number of esters is 1. The third-order valence-corrected chi connectivity index (χ3v) is 5.69. The summed E-state index contributed by atoms with van der Waals surface area (Å²) in [5.74, 6) is -0.883. The number of rotatable bonds is 4. The first-order valence-electron chi connectivity index (χ1n) is 9.24. The molecule has 30 heavy (non-hydrogen) atoms. The number of methoxy groups -OCH3 is 1. The zero-order valence-electron chi connectivity index (χ0n) is 16.1. The van der Waals surface area contributed by atoms with Crippen molar-refractivity contribution in [1.82, 2.24) is 14.9 Å². The van der Waals surface area contributed by atoms with Crippen molar-refractivity contribution < 1.29 is 19.1 Å². The van der Waals surface area contributed by atoms with Crippen molar-refractivity contribution in [3.8, 4) is 0 Å². The lowest BCUT2D eigenvalue weighted by Gasteiger charge is -2.26. The molecule has 3 heterocycles. The number of thiazole rings is 1. The molecule has 1 aromatic carbocycles. The van der Waals surface area contributed by atoms with Crippen LogP contribution in [-0.4, -0.2) is 46.3 Å². The summed E-state index contributed by atoms with van der Waals surface area (Å²) in [7, 11) is 1.31. The fourth-order valence-corrected chi connectivity index (χ4v) is 4.15. The molecule has 0 unspecified atom stereocenters. The monoisotopic (exact) mass is 422 g/mol. The van der Waals surface area contributed by atoms with Crippen LogP contribution in [0.2, 0.25) is 0 Å². The van der Waals surface area contributed by atoms with Gasteiger partial charge in [0.05, 0.1) is 24.9 Å². The van der Waals surface area contributed by atoms with Gasteiger partial charge in [-0.2, -0.15) is 0 Å². The Labute approximate surface area is 176 Å². The van der Waals surface area contributed by atoms with Crippen molar-refractivity contribution in [2.75, 3.05) is 19.0 Å². The van der Waals surface area contributed by atoms with Gasteiger partial charge >= 0.3 is 5.97 Å². The maximum absolute atomic E-state index is 12.8. The first-order chi connectivity index (χ1) is 14.5. The summed E-state index contributed by atoms with van der Waals surface area (Å²) in [6.07, 6.45) is 2.17. The van der Waals surface area contributed by atoms with Crippen LogP contribution in [0.3, 0.4) is 0 Å². The predicted molar refractivity (Wildman–Crippen MR) is 111 cm³/mol. The molecule has 0 fully saturated rings. The minimum atomic E-state index is -0.443. The van der Waals surface area contributed by atoms with Crippen molar-refractivity contribution in [2.45, 2.75) is 13.0 Å². The molecule has 0 aliphatic carbocycles. The van der Waals surface area contributed by atoms with E-state index in [1.54, 1.807) is 53.6 Å². The summed E-state index contributed by atoms with van der Waals surface area (Å²) in [6.45, 7) is 0.950. The molecule has 0 saturated heterocycles. The lowest BCUT2D eigenvalue weighted by Crippen LogP contribution is -2.35. The van der Waals surface area contributed by atoms with Crippen molar-refractivity contribution in [2.24, 2.45) is 0 Å². The first kappa shape index (κ1) is 19.7. The topological polar surface area (TPSA) is 101 Å². The number of hydrogen-bond acceptors (Lipinski definition) is 7. The third-order valence-electron chi connectivity index (χ3n) is 4.69. The van der Waals surface area contributed by atoms with Gasteiger partial charge in [0.2, 0.25) is 0 Å². The number of pyridine rings is 1. The number of nitrogens with zero attached hydrogens (tertiary/aromatic N) is 3. The van der Waals surface area contributed by atoms with E-state index in [4.69, 9.17) is 0 Å². The zero-order chi connectivity index (χ0) is 21.1. The summed E-state index contributed by atoms with van der Waals surface area (Å²) < 4.78 is 4.68. The van der Waals surface area contributed by atoms with Gasteiger partial charge in [0.15, 0.2) is 5.13 Å². The van der Waals surface area contributed by atoms with E-state index >= 15 is 0 Å². The Kier molecular flexibility index (Phi) is 5.53. The van der Waals surface area contributed by atoms with Gasteiger partial charge in [-0.05, 0) is 36.4 Å². The van der Waals surface area contributed by atoms with Crippen molar-refractivity contribution in [1.29, 1.82) is 0 Å². The maximum atomic E-state index is 12.8. The van der Waals surface area contributed by atoms with Gasteiger partial charge < -0.3 is 9.64 Å². The molecule has 3 aromatic rings. The van der Waals surface area contributed by atoms with Crippen molar-refractivity contribution >= 4 is 34.3 Å². The first-order valence-corrected chi connectivity index (χ1v) is 10.1. The number of hydrogen-bond donors (Lipinski definition) is 1. The molecule has 1 N–H and O–H groups in total. The average molecular weight is 422 g/mol. The van der Waals surface area contributed by atoms with Gasteiger partial charge in [-0.1, -0.05) is 17.4 Å². The van der Waals surface area contributed by atoms with Gasteiger partial charge in [0.1, 0.15) is 5.69 Å². The molecule has 9 heteroatoms. The Hall–Kier alpha value is -3.59. The molecule has 152 valence electrons. The molecule has 0 saturated carbocycles. The Bertz CT molecular complexity index is 1100. The van der Waals surface area contributed by atoms with Crippen LogP contribution < -0.4 is 5.32 Å². The van der Waals surface area contributed by atoms with E-state index in [0.717, 1.165) is 10.6 Å². The summed E-state index contributed by atoms with van der Waals surface area (Å²) >= 11 is 1.36. The van der Waals surface area contributed by atoms with E-state index in [9.17, 15) is 14.4 Å². The van der Waals surface area contributed by atoms with E-state index in [2.05, 4.69) is 20.0 Å². The molecule has 1 aliphatic rings. The number of nitrogens with one attached hydrogen (secondary N) is 1. The molecule has 0 bridgehead atoms. The van der Waals surface area contributed by atoms with Crippen molar-refractivity contribution in [3.05, 3.63) is 76.1 Å². The highest BCUT2D eigenvalue weighted by Crippen LogP contribution is 2.29. The predicted octanol–water partition coefficient (Wildman–Crippen LogP) is 2.78. The highest BCUT2D eigenvalue weighted by Gasteiger charge is 2.25. The second-order valence-corrected chi connectivity index (χ2v) is 7.69. The van der Waals surface area contributed by atoms with Crippen LogP contribution in [0.25, 0.3) is 0 Å². The van der Waals surface area contributed by atoms with Crippen LogP contribution >= 0.6 is 11.3 Å². The lowest BCUT2D eigenvalue weighted by molar-refractivity contribution is 0.0599. The van der Waals surface area contributed by atoms with Crippen LogP contribution in [0, 0.1) is 0 Å². The Morgan fingerprint density at radius 1 is 1.10 bits per heavy atom. The summed E-state index contributed by atoms with van der Waals surface area (Å²) in [4.78, 5) is 47.9. The molecule has 4 rings (SSSR count). The van der Waals surface area contributed by atoms with Crippen LogP contribution in [-0.2, 0) is 17.7 Å². The fraction of sp³-hybridized carbons (Fsp3) is 0.190. The number of ether oxygens (including phenoxy) is 1. The number of benzene rings is 1. The number of amides is 2. The molecule has 0 spiro atoms. The summed E-state index contributed by atoms with van der Waals surface area (Å²) in [5.41, 5.74) is 2.10. The molecule has 0 atom stereocenters. The summed E-state index contributed by atoms with van der Waals surface area (Å²) in [6, 6.07) is 11.5. The standard InChI is InChI=1S/C21H18N4O4S/c1-29-20(28)14-7-5-13(6-8-14)19(27)25-11-9-15-17(12-25)30-21(23-15)24-18(26)16-4-2-3-10-22-16/h2-8,10H,9,11-12H2,1H3,(H,23,24,26). The summed E-state index contributed by atoms with van der Waals surface area (Å²) in [5, 5.41) is 3.27. The van der Waals surface area contributed by atoms with E-state index < -0.39 is 5.97 Å². The smallest absolute Gasteiger partial charge is 0.337 e. The minimum Gasteiger partial charge on any atom is -0.465 e. The average Bonchev–Trinajstić information content (AvgIpc) is 3.20. The lowest BCUT2D eigenvalue weighted by atomic mass is 10.1. The van der Waals surface area contributed by atoms with Crippen LogP contribution in [0.1, 0.15) is 41.8 Å². The highest BCUT2D eigenvalue weighted by molar-refractivity contribution is 7.15. The molecular formula is C21H18N4O4S. The van der Waals surface area contributed by atoms with E-state index in [1.807, 2.05) is 0 Å². The van der Waals surface area contributed by atoms with Crippen LogP contribution in [0.15, 0.2) is 48.7 Å². The quantitative estimate of drug-likeness (QED) is 0.649. The van der Waals surface area contributed by atoms with Gasteiger partial charge in [0, 0.05) is 29.6 Å². The van der Waals surface area contributed by atoms with Gasteiger partial charge in [-0.15, -0.1) is 0 Å². The largest absolute Gasteiger partial charge is 0.465 e. The van der Waals surface area contributed by atoms with Gasteiger partial charge in [-0.25, -0.2) is 9.78 Å².